The summed E-state index contributed by atoms with van der Waals surface area (Å²) in [5, 5.41) is 0.983. The highest BCUT2D eigenvalue weighted by atomic mass is 16.5. The second-order valence-electron chi connectivity index (χ2n) is 7.12. The van der Waals surface area contributed by atoms with Crippen molar-refractivity contribution in [3.63, 3.8) is 0 Å². The maximum Gasteiger partial charge on any atom is 0.337 e. The number of esters is 1. The van der Waals surface area contributed by atoms with Crippen LogP contribution < -0.4 is 0 Å². The summed E-state index contributed by atoms with van der Waals surface area (Å²) in [7, 11) is 1.38. The van der Waals surface area contributed by atoms with Crippen LogP contribution in [0.25, 0.3) is 10.9 Å². The molecule has 1 aliphatic rings. The fraction of sp³-hybridized carbons (Fsp3) is 0.500. The number of methoxy groups -OCH3 is 1. The zero-order valence-electron chi connectivity index (χ0n) is 15.6. The second-order valence-corrected chi connectivity index (χ2v) is 7.12. The summed E-state index contributed by atoms with van der Waals surface area (Å²) in [5.41, 5.74) is 3.74. The zero-order valence-corrected chi connectivity index (χ0v) is 15.6. The van der Waals surface area contributed by atoms with Crippen LogP contribution in [0.2, 0.25) is 0 Å². The third-order valence-electron chi connectivity index (χ3n) is 4.66. The monoisotopic (exact) mass is 358 g/mol. The van der Waals surface area contributed by atoms with Gasteiger partial charge in [0.25, 0.3) is 0 Å². The van der Waals surface area contributed by atoms with Crippen molar-refractivity contribution in [3.05, 3.63) is 35.0 Å². The number of nitrogens with one attached hydrogen (secondary N) is 1. The largest absolute Gasteiger partial charge is 0.465 e. The summed E-state index contributed by atoms with van der Waals surface area (Å²) >= 11 is 0. The molecule has 0 radical (unpaired) electrons. The number of amides is 1. The Morgan fingerprint density at radius 3 is 2.85 bits per heavy atom. The molecule has 140 valence electrons. The first-order valence-electron chi connectivity index (χ1n) is 9.07. The number of aromatic amines is 1. The molecule has 0 saturated carbocycles. The number of fused-ring (bicyclic) bond motifs is 3. The zero-order chi connectivity index (χ0) is 18.7. The normalized spacial score (nSPS) is 13.9. The van der Waals surface area contributed by atoms with Crippen LogP contribution in [0.3, 0.4) is 0 Å². The molecule has 1 N–H and O–H groups in total. The number of aromatic nitrogens is 1. The van der Waals surface area contributed by atoms with E-state index in [0.29, 0.717) is 44.2 Å². The third-order valence-corrected chi connectivity index (χ3v) is 4.66. The lowest BCUT2D eigenvalue weighted by atomic mass is 10.0. The Bertz CT molecular complexity index is 809. The molecule has 1 aromatic heterocycles. The molecular weight excluding hydrogens is 332 g/mol. The van der Waals surface area contributed by atoms with E-state index < -0.39 is 0 Å². The highest BCUT2D eigenvalue weighted by Crippen LogP contribution is 2.29. The van der Waals surface area contributed by atoms with E-state index in [0.717, 1.165) is 28.6 Å². The van der Waals surface area contributed by atoms with Crippen LogP contribution >= 0.6 is 0 Å². The van der Waals surface area contributed by atoms with Crippen molar-refractivity contribution in [3.8, 4) is 0 Å². The summed E-state index contributed by atoms with van der Waals surface area (Å²) in [5.74, 6) is 0.226. The number of rotatable bonds is 6. The molecule has 0 spiro atoms. The summed E-state index contributed by atoms with van der Waals surface area (Å²) in [4.78, 5) is 29.6. The molecule has 6 nitrogen and oxygen atoms in total. The van der Waals surface area contributed by atoms with E-state index in [2.05, 4.69) is 18.8 Å². The van der Waals surface area contributed by atoms with Gasteiger partial charge in [-0.05, 0) is 24.1 Å². The lowest BCUT2D eigenvalue weighted by Gasteiger charge is -2.27. The Labute approximate surface area is 153 Å². The molecule has 2 heterocycles. The molecular formula is C20H26N2O4. The third kappa shape index (κ3) is 3.90. The molecule has 26 heavy (non-hydrogen) atoms. The number of hydrogen-bond donors (Lipinski definition) is 1. The number of ether oxygens (including phenoxy) is 2. The molecule has 1 aliphatic heterocycles. The Morgan fingerprint density at radius 1 is 1.31 bits per heavy atom. The number of benzene rings is 1. The predicted octanol–water partition coefficient (Wildman–Crippen LogP) is 2.90. The van der Waals surface area contributed by atoms with Crippen molar-refractivity contribution < 1.29 is 19.1 Å². The van der Waals surface area contributed by atoms with Gasteiger partial charge in [0.15, 0.2) is 0 Å². The van der Waals surface area contributed by atoms with Crippen LogP contribution in [-0.2, 0) is 27.2 Å². The number of H-pyrrole nitrogens is 1. The maximum absolute atomic E-state index is 12.5. The maximum atomic E-state index is 12.5. The van der Waals surface area contributed by atoms with Gasteiger partial charge in [0.1, 0.15) is 0 Å². The number of carbonyl (C=O) groups excluding carboxylic acids is 2. The summed E-state index contributed by atoms with van der Waals surface area (Å²) in [6.07, 6.45) is 1.19. The van der Waals surface area contributed by atoms with Gasteiger partial charge < -0.3 is 19.4 Å². The van der Waals surface area contributed by atoms with Crippen molar-refractivity contribution in [2.45, 2.75) is 33.2 Å². The predicted molar refractivity (Wildman–Crippen MR) is 99.0 cm³/mol. The van der Waals surface area contributed by atoms with Gasteiger partial charge in [0.2, 0.25) is 5.91 Å². The van der Waals surface area contributed by atoms with Crippen molar-refractivity contribution >= 4 is 22.8 Å². The Balaban J connectivity index is 1.72. The van der Waals surface area contributed by atoms with Crippen LogP contribution in [0, 0.1) is 5.92 Å². The van der Waals surface area contributed by atoms with Crippen molar-refractivity contribution in [2.24, 2.45) is 5.92 Å². The second kappa shape index (κ2) is 7.91. The molecule has 6 heteroatoms. The fourth-order valence-electron chi connectivity index (χ4n) is 3.31. The van der Waals surface area contributed by atoms with E-state index in [4.69, 9.17) is 9.47 Å². The van der Waals surface area contributed by atoms with Crippen LogP contribution in [-0.4, -0.2) is 48.6 Å². The molecule has 0 bridgehead atoms. The lowest BCUT2D eigenvalue weighted by molar-refractivity contribution is -0.133. The molecule has 0 fully saturated rings. The minimum atomic E-state index is -0.354. The SMILES string of the molecule is COC(=O)c1ccc2[nH]c3c(c2c1)CN(C(=O)CCOCC(C)C)CC3. The molecule has 2 aromatic rings. The van der Waals surface area contributed by atoms with E-state index in [1.807, 2.05) is 17.0 Å². The van der Waals surface area contributed by atoms with Crippen LogP contribution in [0.5, 0.6) is 0 Å². The van der Waals surface area contributed by atoms with E-state index in [1.165, 1.54) is 7.11 Å². The van der Waals surface area contributed by atoms with Crippen molar-refractivity contribution in [1.82, 2.24) is 9.88 Å². The minimum Gasteiger partial charge on any atom is -0.465 e. The highest BCUT2D eigenvalue weighted by Gasteiger charge is 2.24. The highest BCUT2D eigenvalue weighted by molar-refractivity contribution is 5.96. The average molecular weight is 358 g/mol. The quantitative estimate of drug-likeness (QED) is 0.637. The molecule has 0 saturated heterocycles. The van der Waals surface area contributed by atoms with Gasteiger partial charge in [-0.3, -0.25) is 4.79 Å². The smallest absolute Gasteiger partial charge is 0.337 e. The number of carbonyl (C=O) groups is 2. The van der Waals surface area contributed by atoms with E-state index in [9.17, 15) is 9.59 Å². The average Bonchev–Trinajstić information content (AvgIpc) is 3.01. The van der Waals surface area contributed by atoms with Crippen LogP contribution in [0.1, 0.15) is 41.9 Å². The van der Waals surface area contributed by atoms with Crippen LogP contribution in [0.15, 0.2) is 18.2 Å². The molecule has 0 unspecified atom stereocenters. The first-order chi connectivity index (χ1) is 12.5. The number of nitrogens with zero attached hydrogens (tertiary/aromatic N) is 1. The van der Waals surface area contributed by atoms with Crippen molar-refractivity contribution in [2.75, 3.05) is 26.9 Å². The van der Waals surface area contributed by atoms with Gasteiger partial charge in [-0.1, -0.05) is 13.8 Å². The van der Waals surface area contributed by atoms with E-state index in [-0.39, 0.29) is 11.9 Å². The first-order valence-corrected chi connectivity index (χ1v) is 9.07. The summed E-state index contributed by atoms with van der Waals surface area (Å²) in [6, 6.07) is 5.49. The van der Waals surface area contributed by atoms with Gasteiger partial charge in [-0.2, -0.15) is 0 Å². The van der Waals surface area contributed by atoms with E-state index >= 15 is 0 Å². The minimum absolute atomic E-state index is 0.109. The molecule has 0 atom stereocenters. The topological polar surface area (TPSA) is 71.6 Å². The summed E-state index contributed by atoms with van der Waals surface area (Å²) < 4.78 is 10.3. The fourth-order valence-corrected chi connectivity index (χ4v) is 3.31. The lowest BCUT2D eigenvalue weighted by Crippen LogP contribution is -2.36. The Hall–Kier alpha value is -2.34. The van der Waals surface area contributed by atoms with Gasteiger partial charge in [-0.15, -0.1) is 0 Å². The van der Waals surface area contributed by atoms with Gasteiger partial charge in [-0.25, -0.2) is 4.79 Å². The molecule has 3 rings (SSSR count). The van der Waals surface area contributed by atoms with Gasteiger partial charge in [0, 0.05) is 48.3 Å². The Kier molecular flexibility index (Phi) is 5.61. The summed E-state index contributed by atoms with van der Waals surface area (Å²) in [6.45, 7) is 6.58. The van der Waals surface area contributed by atoms with Crippen molar-refractivity contribution in [1.29, 1.82) is 0 Å². The first kappa shape index (κ1) is 18.5. The van der Waals surface area contributed by atoms with Crippen LogP contribution in [0.4, 0.5) is 0 Å². The molecule has 1 aromatic carbocycles. The molecule has 0 aliphatic carbocycles. The standard InChI is InChI=1S/C20H26N2O4/c1-13(2)12-26-9-7-19(23)22-8-6-18-16(11-22)15-10-14(20(24)25-3)4-5-17(15)21-18/h4-5,10,13,21H,6-9,11-12H2,1-3H3. The number of hydrogen-bond acceptors (Lipinski definition) is 4. The van der Waals surface area contributed by atoms with Gasteiger partial charge >= 0.3 is 5.97 Å². The Morgan fingerprint density at radius 2 is 2.12 bits per heavy atom. The van der Waals surface area contributed by atoms with E-state index in [1.54, 1.807) is 6.07 Å². The molecule has 1 amide bonds. The van der Waals surface area contributed by atoms with Gasteiger partial charge in [0.05, 0.1) is 25.7 Å².